The van der Waals surface area contributed by atoms with Gasteiger partial charge in [0.25, 0.3) is 0 Å². The molecule has 1 atom stereocenters. The smallest absolute Gasteiger partial charge is 0.303 e. The number of aliphatic carboxylic acids is 2. The molecule has 0 fully saturated rings. The number of hydrogen-bond acceptors (Lipinski definition) is 3. The zero-order valence-corrected chi connectivity index (χ0v) is 12.2. The average Bonchev–Trinajstić information content (AvgIpc) is 2.36. The molecular formula is C14H29NO4. The molecular weight excluding hydrogens is 246 g/mol. The Morgan fingerprint density at radius 2 is 1.47 bits per heavy atom. The van der Waals surface area contributed by atoms with Crippen LogP contribution < -0.4 is 5.73 Å². The maximum Gasteiger partial charge on any atom is 0.303 e. The van der Waals surface area contributed by atoms with Gasteiger partial charge in [0, 0.05) is 12.8 Å². The van der Waals surface area contributed by atoms with Gasteiger partial charge in [0.2, 0.25) is 0 Å². The lowest BCUT2D eigenvalue weighted by atomic mass is 10.00. The second-order valence-electron chi connectivity index (χ2n) is 4.65. The van der Waals surface area contributed by atoms with Crippen molar-refractivity contribution in [1.82, 2.24) is 0 Å². The maximum atomic E-state index is 9.90. The molecule has 0 bridgehead atoms. The molecule has 0 aromatic rings. The van der Waals surface area contributed by atoms with E-state index in [9.17, 15) is 9.59 Å². The molecule has 0 saturated carbocycles. The van der Waals surface area contributed by atoms with Crippen LogP contribution in [-0.2, 0) is 9.59 Å². The van der Waals surface area contributed by atoms with Crippen LogP contribution in [0.15, 0.2) is 0 Å². The molecule has 0 aliphatic heterocycles. The lowest BCUT2D eigenvalue weighted by molar-refractivity contribution is -0.139. The Bertz CT molecular complexity index is 211. The fourth-order valence-electron chi connectivity index (χ4n) is 1.53. The molecule has 5 heteroatoms. The minimum absolute atomic E-state index is 0.0628. The maximum absolute atomic E-state index is 9.90. The highest BCUT2D eigenvalue weighted by Crippen LogP contribution is 2.09. The van der Waals surface area contributed by atoms with Crippen LogP contribution in [0.2, 0.25) is 0 Å². The molecule has 1 unspecified atom stereocenters. The van der Waals surface area contributed by atoms with Crippen LogP contribution in [0, 0.1) is 5.92 Å². The minimum atomic E-state index is -0.870. The van der Waals surface area contributed by atoms with Crippen molar-refractivity contribution in [3.8, 4) is 0 Å². The zero-order chi connectivity index (χ0) is 15.1. The van der Waals surface area contributed by atoms with E-state index in [0.717, 1.165) is 12.5 Å². The van der Waals surface area contributed by atoms with E-state index < -0.39 is 11.9 Å². The summed E-state index contributed by atoms with van der Waals surface area (Å²) >= 11 is 0. The van der Waals surface area contributed by atoms with Gasteiger partial charge in [-0.25, -0.2) is 0 Å². The molecule has 4 N–H and O–H groups in total. The number of hydrogen-bond donors (Lipinski definition) is 3. The molecule has 0 spiro atoms. The first-order valence-corrected chi connectivity index (χ1v) is 7.11. The largest absolute Gasteiger partial charge is 0.481 e. The number of nitrogens with two attached hydrogens (primary N) is 1. The molecule has 0 aliphatic rings. The second-order valence-corrected chi connectivity index (χ2v) is 4.65. The first kappa shape index (κ1) is 20.2. The summed E-state index contributed by atoms with van der Waals surface area (Å²) in [6, 6.07) is 0. The summed E-state index contributed by atoms with van der Waals surface area (Å²) in [5.74, 6) is -0.958. The summed E-state index contributed by atoms with van der Waals surface area (Å²) in [5, 5.41) is 16.3. The van der Waals surface area contributed by atoms with Crippen LogP contribution in [0.1, 0.15) is 65.2 Å². The van der Waals surface area contributed by atoms with Gasteiger partial charge in [-0.3, -0.25) is 9.59 Å². The summed E-state index contributed by atoms with van der Waals surface area (Å²) in [7, 11) is 0. The fraction of sp³-hybridized carbons (Fsp3) is 0.857. The van der Waals surface area contributed by atoms with Crippen molar-refractivity contribution in [3.63, 3.8) is 0 Å². The van der Waals surface area contributed by atoms with E-state index in [1.54, 1.807) is 0 Å². The van der Waals surface area contributed by atoms with E-state index in [4.69, 9.17) is 15.9 Å². The van der Waals surface area contributed by atoms with E-state index in [1.165, 1.54) is 25.7 Å². The summed E-state index contributed by atoms with van der Waals surface area (Å²) in [6.45, 7) is 5.31. The number of carbonyl (C=O) groups is 2. The van der Waals surface area contributed by atoms with E-state index >= 15 is 0 Å². The van der Waals surface area contributed by atoms with Gasteiger partial charge >= 0.3 is 11.9 Å². The molecule has 0 aromatic heterocycles. The Kier molecular flexibility index (Phi) is 15.9. The molecule has 0 heterocycles. The number of unbranched alkanes of at least 4 members (excludes halogenated alkanes) is 2. The zero-order valence-electron chi connectivity index (χ0n) is 12.2. The Morgan fingerprint density at radius 1 is 1.00 bits per heavy atom. The van der Waals surface area contributed by atoms with Crippen molar-refractivity contribution >= 4 is 11.9 Å². The molecule has 114 valence electrons. The Balaban J connectivity index is 0. The molecule has 0 aliphatic carbocycles. The van der Waals surface area contributed by atoms with Gasteiger partial charge < -0.3 is 15.9 Å². The van der Waals surface area contributed by atoms with Gasteiger partial charge in [0.15, 0.2) is 0 Å². The predicted octanol–water partition coefficient (Wildman–Crippen LogP) is 2.88. The minimum Gasteiger partial charge on any atom is -0.481 e. The van der Waals surface area contributed by atoms with Gasteiger partial charge in [0.05, 0.1) is 0 Å². The molecule has 5 nitrogen and oxygen atoms in total. The van der Waals surface area contributed by atoms with Crippen molar-refractivity contribution in [2.75, 3.05) is 6.54 Å². The third-order valence-corrected chi connectivity index (χ3v) is 2.91. The fourth-order valence-corrected chi connectivity index (χ4v) is 1.53. The molecule has 0 radical (unpaired) electrons. The second kappa shape index (κ2) is 15.0. The standard InChI is InChI=1S/C8H19N.C6H10O4/c1-3-5-6-8(4-2)7-9;7-5(8)3-1-2-4-6(9)10/h8H,3-7,9H2,1-2H3;1-4H2,(H,7,8)(H,9,10). The van der Waals surface area contributed by atoms with Crippen LogP contribution >= 0.6 is 0 Å². The predicted molar refractivity (Wildman–Crippen MR) is 76.1 cm³/mol. The van der Waals surface area contributed by atoms with Crippen molar-refractivity contribution in [2.45, 2.75) is 65.2 Å². The van der Waals surface area contributed by atoms with E-state index in [-0.39, 0.29) is 12.8 Å². The highest BCUT2D eigenvalue weighted by Gasteiger charge is 2.00. The number of carboxylic acid groups (broad SMARTS) is 2. The molecule has 0 aromatic carbocycles. The van der Waals surface area contributed by atoms with Gasteiger partial charge in [-0.05, 0) is 31.7 Å². The molecule has 0 rings (SSSR count). The summed E-state index contributed by atoms with van der Waals surface area (Å²) < 4.78 is 0. The number of carboxylic acids is 2. The number of rotatable bonds is 10. The third kappa shape index (κ3) is 19.4. The van der Waals surface area contributed by atoms with Crippen LogP contribution in [0.5, 0.6) is 0 Å². The SMILES string of the molecule is CCCCC(CC)CN.O=C(O)CCCCC(=O)O. The Hall–Kier alpha value is -1.10. The summed E-state index contributed by atoms with van der Waals surface area (Å²) in [4.78, 5) is 19.8. The van der Waals surface area contributed by atoms with Crippen molar-refractivity contribution < 1.29 is 19.8 Å². The molecule has 0 amide bonds. The lowest BCUT2D eigenvalue weighted by Crippen LogP contribution is -2.12. The summed E-state index contributed by atoms with van der Waals surface area (Å²) in [6.07, 6.45) is 6.23. The highest BCUT2D eigenvalue weighted by molar-refractivity contribution is 5.67. The topological polar surface area (TPSA) is 101 Å². The highest BCUT2D eigenvalue weighted by atomic mass is 16.4. The van der Waals surface area contributed by atoms with Crippen LogP contribution in [0.25, 0.3) is 0 Å². The average molecular weight is 275 g/mol. The van der Waals surface area contributed by atoms with Gasteiger partial charge in [-0.2, -0.15) is 0 Å². The van der Waals surface area contributed by atoms with Crippen molar-refractivity contribution in [3.05, 3.63) is 0 Å². The Morgan fingerprint density at radius 3 is 1.74 bits per heavy atom. The van der Waals surface area contributed by atoms with Gasteiger partial charge in [-0.15, -0.1) is 0 Å². The first-order chi connectivity index (χ1) is 8.97. The summed E-state index contributed by atoms with van der Waals surface area (Å²) in [5.41, 5.74) is 5.52. The quantitative estimate of drug-likeness (QED) is 0.532. The molecule has 0 saturated heterocycles. The van der Waals surface area contributed by atoms with E-state index in [2.05, 4.69) is 13.8 Å². The van der Waals surface area contributed by atoms with E-state index in [0.29, 0.717) is 12.8 Å². The third-order valence-electron chi connectivity index (χ3n) is 2.91. The normalized spacial score (nSPS) is 11.3. The first-order valence-electron chi connectivity index (χ1n) is 7.11. The van der Waals surface area contributed by atoms with Crippen molar-refractivity contribution in [1.29, 1.82) is 0 Å². The monoisotopic (exact) mass is 275 g/mol. The van der Waals surface area contributed by atoms with Crippen molar-refractivity contribution in [2.24, 2.45) is 11.7 Å². The van der Waals surface area contributed by atoms with E-state index in [1.807, 2.05) is 0 Å². The van der Waals surface area contributed by atoms with Gasteiger partial charge in [-0.1, -0.05) is 33.1 Å². The van der Waals surface area contributed by atoms with Crippen LogP contribution in [0.3, 0.4) is 0 Å². The molecule has 19 heavy (non-hydrogen) atoms. The van der Waals surface area contributed by atoms with Crippen LogP contribution in [-0.4, -0.2) is 28.7 Å². The lowest BCUT2D eigenvalue weighted by Gasteiger charge is -2.09. The van der Waals surface area contributed by atoms with Crippen LogP contribution in [0.4, 0.5) is 0 Å². The Labute approximate surface area is 116 Å². The van der Waals surface area contributed by atoms with Gasteiger partial charge in [0.1, 0.15) is 0 Å².